The van der Waals surface area contributed by atoms with E-state index in [4.69, 9.17) is 5.73 Å². The molecule has 7 nitrogen and oxygen atoms in total. The van der Waals surface area contributed by atoms with Crippen LogP contribution in [0.25, 0.3) is 0 Å². The molecule has 2 aromatic rings. The summed E-state index contributed by atoms with van der Waals surface area (Å²) >= 11 is 1.39. The first-order chi connectivity index (χ1) is 9.81. The second-order valence-corrected chi connectivity index (χ2v) is 6.54. The topological polar surface area (TPSA) is 115 Å². The molecule has 1 aromatic heterocycles. The molecule has 0 spiro atoms. The molecule has 0 aliphatic carbocycles. The first-order valence-electron chi connectivity index (χ1n) is 5.55. The van der Waals surface area contributed by atoms with Gasteiger partial charge in [-0.15, -0.1) is 0 Å². The van der Waals surface area contributed by atoms with Gasteiger partial charge in [0.15, 0.2) is 5.82 Å². The number of non-ortho nitro benzene ring substituents is 1. The molecule has 21 heavy (non-hydrogen) atoms. The maximum Gasteiger partial charge on any atom is 0.274 e. The van der Waals surface area contributed by atoms with E-state index in [2.05, 4.69) is 4.72 Å². The van der Waals surface area contributed by atoms with Gasteiger partial charge in [-0.3, -0.25) is 10.1 Å². The fourth-order valence-corrected chi connectivity index (χ4v) is 3.49. The standard InChI is InChI=1S/C11H10FN3O4S2/c12-9-3-8(15(16)17)4-10(13)11(9)21(18,19)14-5-7-1-2-20-6-7/h1-4,6,14H,5,13H2. The Kier molecular flexibility index (Phi) is 4.21. The highest BCUT2D eigenvalue weighted by Crippen LogP contribution is 2.27. The molecule has 0 bridgehead atoms. The summed E-state index contributed by atoms with van der Waals surface area (Å²) in [4.78, 5) is 8.93. The van der Waals surface area contributed by atoms with E-state index in [9.17, 15) is 22.9 Å². The zero-order valence-corrected chi connectivity index (χ0v) is 12.1. The highest BCUT2D eigenvalue weighted by molar-refractivity contribution is 7.89. The van der Waals surface area contributed by atoms with Gasteiger partial charge in [-0.05, 0) is 22.4 Å². The maximum absolute atomic E-state index is 13.8. The monoisotopic (exact) mass is 331 g/mol. The zero-order chi connectivity index (χ0) is 15.6. The Bertz CT molecular complexity index is 752. The zero-order valence-electron chi connectivity index (χ0n) is 10.4. The van der Waals surface area contributed by atoms with Crippen LogP contribution in [-0.4, -0.2) is 13.3 Å². The van der Waals surface area contributed by atoms with E-state index in [-0.39, 0.29) is 6.54 Å². The number of nitro groups is 1. The van der Waals surface area contributed by atoms with E-state index in [0.717, 1.165) is 6.07 Å². The van der Waals surface area contributed by atoms with Crippen molar-refractivity contribution in [2.24, 2.45) is 0 Å². The average molecular weight is 331 g/mol. The molecule has 0 radical (unpaired) electrons. The van der Waals surface area contributed by atoms with Gasteiger partial charge in [0.2, 0.25) is 10.0 Å². The highest BCUT2D eigenvalue weighted by atomic mass is 32.2. The van der Waals surface area contributed by atoms with E-state index >= 15 is 0 Å². The number of nitrogens with two attached hydrogens (primary N) is 1. The predicted octanol–water partition coefficient (Wildman–Crippen LogP) is 1.86. The SMILES string of the molecule is Nc1cc([N+](=O)[O-])cc(F)c1S(=O)(=O)NCc1ccsc1. The second-order valence-electron chi connectivity index (χ2n) is 4.06. The molecule has 10 heteroatoms. The van der Waals surface area contributed by atoms with Gasteiger partial charge in [0.25, 0.3) is 5.69 Å². The number of nitro benzene ring substituents is 1. The Hall–Kier alpha value is -2.04. The number of hydrogen-bond acceptors (Lipinski definition) is 6. The number of nitrogens with zero attached hydrogens (tertiary/aromatic N) is 1. The number of nitrogens with one attached hydrogen (secondary N) is 1. The highest BCUT2D eigenvalue weighted by Gasteiger charge is 2.25. The molecule has 2 rings (SSSR count). The summed E-state index contributed by atoms with van der Waals surface area (Å²) in [5.74, 6) is -1.26. The van der Waals surface area contributed by atoms with Crippen molar-refractivity contribution in [1.29, 1.82) is 0 Å². The van der Waals surface area contributed by atoms with Gasteiger partial charge >= 0.3 is 0 Å². The molecule has 0 fully saturated rings. The van der Waals surface area contributed by atoms with Crippen LogP contribution in [0.15, 0.2) is 33.9 Å². The Labute approximate surface area is 123 Å². The van der Waals surface area contributed by atoms with Gasteiger partial charge in [0.05, 0.1) is 16.7 Å². The molecule has 0 aliphatic heterocycles. The molecule has 112 valence electrons. The molecule has 0 aliphatic rings. The van der Waals surface area contributed by atoms with Crippen LogP contribution in [0.1, 0.15) is 5.56 Å². The molecular weight excluding hydrogens is 321 g/mol. The quantitative estimate of drug-likeness (QED) is 0.493. The summed E-state index contributed by atoms with van der Waals surface area (Å²) in [5, 5.41) is 14.1. The van der Waals surface area contributed by atoms with Crippen molar-refractivity contribution in [3.63, 3.8) is 0 Å². The van der Waals surface area contributed by atoms with E-state index < -0.39 is 37.0 Å². The summed E-state index contributed by atoms with van der Waals surface area (Å²) in [5.41, 5.74) is 5.02. The van der Waals surface area contributed by atoms with Crippen molar-refractivity contribution in [2.75, 3.05) is 5.73 Å². The normalized spacial score (nSPS) is 11.5. The van der Waals surface area contributed by atoms with Crippen LogP contribution in [0.2, 0.25) is 0 Å². The first kappa shape index (κ1) is 15.4. The summed E-state index contributed by atoms with van der Waals surface area (Å²) < 4.78 is 40.1. The van der Waals surface area contributed by atoms with Crippen LogP contribution in [0.4, 0.5) is 15.8 Å². The van der Waals surface area contributed by atoms with Crippen LogP contribution in [-0.2, 0) is 16.6 Å². The first-order valence-corrected chi connectivity index (χ1v) is 7.98. The van der Waals surface area contributed by atoms with Crippen LogP contribution < -0.4 is 10.5 Å². The van der Waals surface area contributed by atoms with Gasteiger partial charge in [-0.2, -0.15) is 11.3 Å². The fraction of sp³-hybridized carbons (Fsp3) is 0.0909. The number of benzene rings is 1. The van der Waals surface area contributed by atoms with E-state index in [0.29, 0.717) is 11.6 Å². The number of sulfonamides is 1. The Morgan fingerprint density at radius 2 is 2.14 bits per heavy atom. The number of thiophene rings is 1. The largest absolute Gasteiger partial charge is 0.397 e. The third-order valence-corrected chi connectivity index (χ3v) is 4.81. The minimum absolute atomic E-state index is 0.0261. The molecule has 0 saturated carbocycles. The van der Waals surface area contributed by atoms with Crippen LogP contribution in [0.3, 0.4) is 0 Å². The molecule has 3 N–H and O–H groups in total. The molecular formula is C11H10FN3O4S2. The Morgan fingerprint density at radius 3 is 2.67 bits per heavy atom. The molecule has 0 saturated heterocycles. The summed E-state index contributed by atoms with van der Waals surface area (Å²) in [7, 11) is -4.21. The number of anilines is 1. The smallest absolute Gasteiger partial charge is 0.274 e. The molecule has 0 unspecified atom stereocenters. The Balaban J connectivity index is 2.33. The Morgan fingerprint density at radius 1 is 1.43 bits per heavy atom. The van der Waals surface area contributed by atoms with Gasteiger partial charge in [-0.25, -0.2) is 17.5 Å². The number of hydrogen-bond donors (Lipinski definition) is 2. The van der Waals surface area contributed by atoms with E-state index in [1.165, 1.54) is 11.3 Å². The summed E-state index contributed by atoms with van der Waals surface area (Å²) in [6.07, 6.45) is 0. The molecule has 0 amide bonds. The van der Waals surface area contributed by atoms with E-state index in [1.807, 2.05) is 0 Å². The van der Waals surface area contributed by atoms with Gasteiger partial charge in [-0.1, -0.05) is 0 Å². The molecule has 0 atom stereocenters. The van der Waals surface area contributed by atoms with Gasteiger partial charge in [0.1, 0.15) is 4.90 Å². The van der Waals surface area contributed by atoms with Crippen molar-refractivity contribution in [1.82, 2.24) is 4.72 Å². The lowest BCUT2D eigenvalue weighted by molar-refractivity contribution is -0.385. The maximum atomic E-state index is 13.8. The van der Waals surface area contributed by atoms with E-state index in [1.54, 1.807) is 16.8 Å². The third kappa shape index (κ3) is 3.35. The lowest BCUT2D eigenvalue weighted by Gasteiger charge is -2.09. The van der Waals surface area contributed by atoms with Crippen molar-refractivity contribution in [3.05, 3.63) is 50.5 Å². The van der Waals surface area contributed by atoms with Crippen molar-refractivity contribution in [3.8, 4) is 0 Å². The number of rotatable bonds is 5. The van der Waals surface area contributed by atoms with Gasteiger partial charge in [0, 0.05) is 12.6 Å². The summed E-state index contributed by atoms with van der Waals surface area (Å²) in [6.45, 7) is -0.0261. The molecule has 1 aromatic carbocycles. The van der Waals surface area contributed by atoms with Crippen molar-refractivity contribution in [2.45, 2.75) is 11.4 Å². The minimum atomic E-state index is -4.21. The fourth-order valence-electron chi connectivity index (χ4n) is 1.63. The number of nitrogen functional groups attached to an aromatic ring is 1. The second kappa shape index (κ2) is 5.76. The number of halogens is 1. The lowest BCUT2D eigenvalue weighted by atomic mass is 10.3. The lowest BCUT2D eigenvalue weighted by Crippen LogP contribution is -2.25. The van der Waals surface area contributed by atoms with Crippen molar-refractivity contribution >= 4 is 32.7 Å². The minimum Gasteiger partial charge on any atom is -0.397 e. The predicted molar refractivity (Wildman–Crippen MR) is 75.8 cm³/mol. The average Bonchev–Trinajstić information content (AvgIpc) is 2.88. The summed E-state index contributed by atoms with van der Waals surface area (Å²) in [6, 6.07) is 3.04. The van der Waals surface area contributed by atoms with Crippen LogP contribution in [0.5, 0.6) is 0 Å². The third-order valence-electron chi connectivity index (χ3n) is 2.58. The van der Waals surface area contributed by atoms with Crippen molar-refractivity contribution < 1.29 is 17.7 Å². The molecule has 1 heterocycles. The van der Waals surface area contributed by atoms with Crippen LogP contribution in [0, 0.1) is 15.9 Å². The van der Waals surface area contributed by atoms with Gasteiger partial charge < -0.3 is 5.73 Å². The van der Waals surface area contributed by atoms with Crippen LogP contribution >= 0.6 is 11.3 Å².